The minimum atomic E-state index is -4.69. The van der Waals surface area contributed by atoms with Crippen molar-refractivity contribution in [1.82, 2.24) is 10.4 Å². The van der Waals surface area contributed by atoms with E-state index < -0.39 is 20.3 Å². The van der Waals surface area contributed by atoms with E-state index in [4.69, 9.17) is 9.79 Å². The van der Waals surface area contributed by atoms with Crippen molar-refractivity contribution in [2.24, 2.45) is 5.10 Å². The van der Waals surface area contributed by atoms with Crippen LogP contribution in [0.4, 0.5) is 0 Å². The van der Waals surface area contributed by atoms with Gasteiger partial charge in [0.1, 0.15) is 5.75 Å². The van der Waals surface area contributed by atoms with Crippen LogP contribution in [0.5, 0.6) is 5.75 Å². The van der Waals surface area contributed by atoms with Gasteiger partial charge in [-0.25, -0.2) is 9.99 Å². The number of hydrazone groups is 1. The summed E-state index contributed by atoms with van der Waals surface area (Å²) in [5.41, 5.74) is 3.28. The molecule has 0 aliphatic heterocycles. The minimum absolute atomic E-state index is 0.125. The molecule has 9 nitrogen and oxygen atoms in total. The van der Waals surface area contributed by atoms with Gasteiger partial charge in [0.05, 0.1) is 18.5 Å². The fourth-order valence-electron chi connectivity index (χ4n) is 1.91. The van der Waals surface area contributed by atoms with E-state index in [1.54, 1.807) is 31.2 Å². The second kappa shape index (κ2) is 8.52. The van der Waals surface area contributed by atoms with Crippen LogP contribution in [-0.2, 0) is 15.7 Å². The standard InChI is InChI=1S/C15H15BrN3O6P/c1-9-14(20)13(11(6-17-9)8-25-26(22,23)24)7-18-19-15(21)10-3-2-4-12(16)5-10/h2-7,20H,8H2,1H3,(H,19,21)(H2,22,23,24)/b18-7+. The van der Waals surface area contributed by atoms with Gasteiger partial charge in [0.15, 0.2) is 0 Å². The smallest absolute Gasteiger partial charge is 0.469 e. The van der Waals surface area contributed by atoms with Gasteiger partial charge in [-0.1, -0.05) is 22.0 Å². The molecular formula is C15H15BrN3O6P. The van der Waals surface area contributed by atoms with Crippen molar-refractivity contribution in [3.05, 3.63) is 57.3 Å². The molecule has 0 atom stereocenters. The van der Waals surface area contributed by atoms with Crippen LogP contribution in [0.2, 0.25) is 0 Å². The molecule has 0 unspecified atom stereocenters. The molecule has 0 saturated heterocycles. The number of hydrogen-bond acceptors (Lipinski definition) is 6. The van der Waals surface area contributed by atoms with E-state index in [-0.39, 0.29) is 22.6 Å². The van der Waals surface area contributed by atoms with Crippen LogP contribution >= 0.6 is 23.8 Å². The molecule has 138 valence electrons. The Balaban J connectivity index is 2.19. The Hall–Kier alpha value is -2.10. The molecule has 2 aromatic rings. The topological polar surface area (TPSA) is 141 Å². The molecule has 1 aromatic carbocycles. The summed E-state index contributed by atoms with van der Waals surface area (Å²) in [5.74, 6) is -0.710. The van der Waals surface area contributed by atoms with Gasteiger partial charge in [-0.15, -0.1) is 0 Å². The number of halogens is 1. The SMILES string of the molecule is Cc1ncc(COP(=O)(O)O)c(/C=N/NC(=O)c2cccc(Br)c2)c1O. The molecule has 1 heterocycles. The largest absolute Gasteiger partial charge is 0.505 e. The van der Waals surface area contributed by atoms with Crippen LogP contribution in [0.25, 0.3) is 0 Å². The summed E-state index contributed by atoms with van der Waals surface area (Å²) in [6.07, 6.45) is 2.44. The highest BCUT2D eigenvalue weighted by molar-refractivity contribution is 9.10. The number of aryl methyl sites for hydroxylation is 1. The molecule has 0 aliphatic rings. The Morgan fingerprint density at radius 3 is 2.85 bits per heavy atom. The molecule has 11 heteroatoms. The van der Waals surface area contributed by atoms with Gasteiger partial charge >= 0.3 is 7.82 Å². The zero-order chi connectivity index (χ0) is 19.3. The summed E-state index contributed by atoms with van der Waals surface area (Å²) in [5, 5.41) is 13.9. The Kier molecular flexibility index (Phi) is 6.63. The number of pyridine rings is 1. The van der Waals surface area contributed by atoms with Gasteiger partial charge < -0.3 is 14.9 Å². The van der Waals surface area contributed by atoms with Crippen molar-refractivity contribution >= 4 is 35.9 Å². The minimum Gasteiger partial charge on any atom is -0.505 e. The van der Waals surface area contributed by atoms with Gasteiger partial charge in [-0.05, 0) is 25.1 Å². The summed E-state index contributed by atoms with van der Waals surface area (Å²) in [6, 6.07) is 6.67. The number of benzene rings is 1. The average Bonchev–Trinajstić information content (AvgIpc) is 2.56. The van der Waals surface area contributed by atoms with E-state index in [0.29, 0.717) is 5.56 Å². The Morgan fingerprint density at radius 2 is 2.19 bits per heavy atom. The number of rotatable bonds is 6. The van der Waals surface area contributed by atoms with Crippen molar-refractivity contribution in [3.8, 4) is 5.75 Å². The van der Waals surface area contributed by atoms with Crippen molar-refractivity contribution in [2.45, 2.75) is 13.5 Å². The number of amides is 1. The normalized spacial score (nSPS) is 11.7. The number of nitrogens with zero attached hydrogens (tertiary/aromatic N) is 2. The molecule has 1 amide bonds. The maximum absolute atomic E-state index is 12.0. The van der Waals surface area contributed by atoms with E-state index in [1.807, 2.05) is 0 Å². The Morgan fingerprint density at radius 1 is 1.46 bits per heavy atom. The molecule has 0 bridgehead atoms. The van der Waals surface area contributed by atoms with Crippen LogP contribution in [0.1, 0.15) is 27.2 Å². The molecule has 0 spiro atoms. The Labute approximate surface area is 157 Å². The number of phosphoric acid groups is 1. The molecule has 1 aromatic heterocycles. The maximum Gasteiger partial charge on any atom is 0.469 e. The lowest BCUT2D eigenvalue weighted by atomic mass is 10.1. The highest BCUT2D eigenvalue weighted by Crippen LogP contribution is 2.37. The monoisotopic (exact) mass is 443 g/mol. The predicted molar refractivity (Wildman–Crippen MR) is 96.7 cm³/mol. The lowest BCUT2D eigenvalue weighted by molar-refractivity contribution is 0.0955. The summed E-state index contributed by atoms with van der Waals surface area (Å²) >= 11 is 3.26. The molecule has 0 aliphatic carbocycles. The van der Waals surface area contributed by atoms with E-state index in [0.717, 1.165) is 10.7 Å². The third-order valence-corrected chi connectivity index (χ3v) is 4.15. The van der Waals surface area contributed by atoms with E-state index >= 15 is 0 Å². The van der Waals surface area contributed by atoms with Gasteiger partial charge in [0.25, 0.3) is 5.91 Å². The summed E-state index contributed by atoms with van der Waals surface area (Å²) < 4.78 is 16.0. The quantitative estimate of drug-likeness (QED) is 0.304. The van der Waals surface area contributed by atoms with Crippen LogP contribution < -0.4 is 5.43 Å². The van der Waals surface area contributed by atoms with Crippen molar-refractivity contribution in [2.75, 3.05) is 0 Å². The zero-order valence-corrected chi connectivity index (χ0v) is 15.9. The first-order chi connectivity index (χ1) is 12.2. The Bertz CT molecular complexity index is 899. The number of carbonyl (C=O) groups is 1. The van der Waals surface area contributed by atoms with Crippen molar-refractivity contribution in [1.29, 1.82) is 0 Å². The van der Waals surface area contributed by atoms with Crippen LogP contribution in [0, 0.1) is 6.92 Å². The summed E-state index contributed by atoms with van der Waals surface area (Å²) in [7, 11) is -4.69. The summed E-state index contributed by atoms with van der Waals surface area (Å²) in [4.78, 5) is 33.5. The highest BCUT2D eigenvalue weighted by Gasteiger charge is 2.17. The summed E-state index contributed by atoms with van der Waals surface area (Å²) in [6.45, 7) is 1.05. The van der Waals surface area contributed by atoms with Crippen molar-refractivity contribution < 1.29 is 28.8 Å². The zero-order valence-electron chi connectivity index (χ0n) is 13.5. The molecule has 26 heavy (non-hydrogen) atoms. The average molecular weight is 444 g/mol. The second-order valence-corrected chi connectivity index (χ2v) is 7.26. The molecular weight excluding hydrogens is 429 g/mol. The number of nitrogens with one attached hydrogen (secondary N) is 1. The van der Waals surface area contributed by atoms with Gasteiger partial charge in [0, 0.05) is 27.4 Å². The highest BCUT2D eigenvalue weighted by atomic mass is 79.9. The number of aromatic hydroxyl groups is 1. The lowest BCUT2D eigenvalue weighted by Gasteiger charge is -2.10. The number of aromatic nitrogens is 1. The molecule has 0 radical (unpaired) electrons. The molecule has 0 saturated carbocycles. The fourth-order valence-corrected chi connectivity index (χ4v) is 2.62. The van der Waals surface area contributed by atoms with Crippen LogP contribution in [0.3, 0.4) is 0 Å². The second-order valence-electron chi connectivity index (χ2n) is 5.10. The third kappa shape index (κ3) is 5.72. The van der Waals surface area contributed by atoms with Gasteiger partial charge in [-0.3, -0.25) is 14.3 Å². The number of phosphoric ester groups is 1. The molecule has 2 rings (SSSR count). The van der Waals surface area contributed by atoms with E-state index in [1.165, 1.54) is 6.20 Å². The van der Waals surface area contributed by atoms with E-state index in [9.17, 15) is 14.5 Å². The first-order valence-corrected chi connectivity index (χ1v) is 9.46. The van der Waals surface area contributed by atoms with Crippen molar-refractivity contribution in [3.63, 3.8) is 0 Å². The third-order valence-electron chi connectivity index (χ3n) is 3.19. The van der Waals surface area contributed by atoms with E-state index in [2.05, 4.69) is 36.0 Å². The van der Waals surface area contributed by atoms with Gasteiger partial charge in [0.2, 0.25) is 0 Å². The first-order valence-electron chi connectivity index (χ1n) is 7.14. The fraction of sp³-hybridized carbons (Fsp3) is 0.133. The van der Waals surface area contributed by atoms with Gasteiger partial charge in [-0.2, -0.15) is 5.10 Å². The molecule has 0 fully saturated rings. The number of hydrogen-bond donors (Lipinski definition) is 4. The van der Waals surface area contributed by atoms with Crippen LogP contribution in [0.15, 0.2) is 40.0 Å². The maximum atomic E-state index is 12.0. The predicted octanol–water partition coefficient (Wildman–Crippen LogP) is 2.23. The first kappa shape index (κ1) is 20.2. The molecule has 4 N–H and O–H groups in total. The van der Waals surface area contributed by atoms with Crippen LogP contribution in [-0.4, -0.2) is 32.0 Å². The lowest BCUT2D eigenvalue weighted by Crippen LogP contribution is -2.17. The number of carbonyl (C=O) groups excluding carboxylic acids is 1.